The van der Waals surface area contributed by atoms with Crippen LogP contribution in [0.2, 0.25) is 0 Å². The predicted molar refractivity (Wildman–Crippen MR) is 115 cm³/mol. The van der Waals surface area contributed by atoms with E-state index in [1.165, 1.54) is 0 Å². The first-order valence-corrected chi connectivity index (χ1v) is 10.5. The third-order valence-corrected chi connectivity index (χ3v) is 5.94. The standard InChI is InChI=1S/C23H27N5O2/c1-25-22(29)27-10-2-3-21(15-27)28(20-8-9-20)23(30)26-14-17-5-7-18-11-16(13-24)4-6-19(18)12-17/h4-7,11-12,20-21H,2-3,8-10,14-15H2,1H3,(H,25,29)(H,26,30). The maximum absolute atomic E-state index is 13.1. The lowest BCUT2D eigenvalue weighted by Crippen LogP contribution is -2.56. The third-order valence-electron chi connectivity index (χ3n) is 5.94. The molecule has 4 amide bonds. The van der Waals surface area contributed by atoms with Crippen molar-refractivity contribution in [2.75, 3.05) is 20.1 Å². The molecule has 1 unspecified atom stereocenters. The molecule has 0 aromatic heterocycles. The fourth-order valence-electron chi connectivity index (χ4n) is 4.25. The summed E-state index contributed by atoms with van der Waals surface area (Å²) in [4.78, 5) is 28.8. The summed E-state index contributed by atoms with van der Waals surface area (Å²) in [5.41, 5.74) is 1.66. The number of nitrogens with zero attached hydrogens (tertiary/aromatic N) is 3. The molecule has 0 radical (unpaired) electrons. The fourth-order valence-corrected chi connectivity index (χ4v) is 4.25. The maximum atomic E-state index is 13.1. The number of nitriles is 1. The number of benzene rings is 2. The van der Waals surface area contributed by atoms with E-state index in [0.29, 0.717) is 18.7 Å². The molecule has 7 nitrogen and oxygen atoms in total. The van der Waals surface area contributed by atoms with Gasteiger partial charge in [-0.1, -0.05) is 18.2 Å². The predicted octanol–water partition coefficient (Wildman–Crippen LogP) is 3.19. The minimum Gasteiger partial charge on any atom is -0.341 e. The Hall–Kier alpha value is -3.27. The van der Waals surface area contributed by atoms with Gasteiger partial charge in [0.15, 0.2) is 0 Å². The van der Waals surface area contributed by atoms with Crippen molar-refractivity contribution in [1.82, 2.24) is 20.4 Å². The molecule has 2 aliphatic rings. The maximum Gasteiger partial charge on any atom is 0.318 e. The lowest BCUT2D eigenvalue weighted by Gasteiger charge is -2.39. The zero-order valence-corrected chi connectivity index (χ0v) is 17.2. The van der Waals surface area contributed by atoms with E-state index in [4.69, 9.17) is 5.26 Å². The summed E-state index contributed by atoms with van der Waals surface area (Å²) in [7, 11) is 1.64. The summed E-state index contributed by atoms with van der Waals surface area (Å²) in [6, 6.07) is 14.0. The van der Waals surface area contributed by atoms with E-state index in [0.717, 1.165) is 48.6 Å². The van der Waals surface area contributed by atoms with Crippen LogP contribution < -0.4 is 10.6 Å². The van der Waals surface area contributed by atoms with E-state index in [1.54, 1.807) is 18.0 Å². The molecule has 2 aromatic carbocycles. The number of fused-ring (bicyclic) bond motifs is 1. The van der Waals surface area contributed by atoms with Gasteiger partial charge in [-0.2, -0.15) is 5.26 Å². The minimum absolute atomic E-state index is 0.0545. The van der Waals surface area contributed by atoms with Crippen molar-refractivity contribution in [1.29, 1.82) is 5.26 Å². The van der Waals surface area contributed by atoms with Gasteiger partial charge in [0.25, 0.3) is 0 Å². The van der Waals surface area contributed by atoms with Crippen LogP contribution in [0, 0.1) is 11.3 Å². The fraction of sp³-hybridized carbons (Fsp3) is 0.435. The minimum atomic E-state index is -0.0772. The van der Waals surface area contributed by atoms with E-state index in [-0.39, 0.29) is 24.1 Å². The van der Waals surface area contributed by atoms with Crippen molar-refractivity contribution in [2.45, 2.75) is 44.3 Å². The molecule has 0 spiro atoms. The first-order chi connectivity index (χ1) is 14.6. The van der Waals surface area contributed by atoms with Gasteiger partial charge >= 0.3 is 12.1 Å². The van der Waals surface area contributed by atoms with Crippen molar-refractivity contribution in [3.8, 4) is 6.07 Å². The van der Waals surface area contributed by atoms with Crippen LogP contribution in [0.1, 0.15) is 36.8 Å². The molecule has 1 heterocycles. The van der Waals surface area contributed by atoms with Crippen LogP contribution in [0.15, 0.2) is 36.4 Å². The molecule has 30 heavy (non-hydrogen) atoms. The molecule has 1 saturated carbocycles. The van der Waals surface area contributed by atoms with Gasteiger partial charge in [0.1, 0.15) is 0 Å². The molecule has 1 aliphatic heterocycles. The number of amides is 4. The van der Waals surface area contributed by atoms with Gasteiger partial charge in [-0.3, -0.25) is 0 Å². The number of piperidine rings is 1. The average Bonchev–Trinajstić information content (AvgIpc) is 3.62. The van der Waals surface area contributed by atoms with E-state index in [2.05, 4.69) is 16.7 Å². The number of nitrogens with one attached hydrogen (secondary N) is 2. The van der Waals surface area contributed by atoms with Crippen LogP contribution in [0.5, 0.6) is 0 Å². The normalized spacial score (nSPS) is 18.5. The highest BCUT2D eigenvalue weighted by atomic mass is 16.2. The number of urea groups is 2. The molecule has 1 saturated heterocycles. The second-order valence-electron chi connectivity index (χ2n) is 8.10. The zero-order valence-electron chi connectivity index (χ0n) is 17.2. The van der Waals surface area contributed by atoms with Crippen molar-refractivity contribution < 1.29 is 9.59 Å². The molecular weight excluding hydrogens is 378 g/mol. The molecule has 0 bridgehead atoms. The Bertz CT molecular complexity index is 995. The second kappa shape index (κ2) is 8.62. The Kier molecular flexibility index (Phi) is 5.75. The summed E-state index contributed by atoms with van der Waals surface area (Å²) >= 11 is 0. The molecular formula is C23H27N5O2. The summed E-state index contributed by atoms with van der Waals surface area (Å²) < 4.78 is 0. The quantitative estimate of drug-likeness (QED) is 0.819. The average molecular weight is 406 g/mol. The van der Waals surface area contributed by atoms with Crippen molar-refractivity contribution in [2.24, 2.45) is 0 Å². The zero-order chi connectivity index (χ0) is 21.1. The summed E-state index contributed by atoms with van der Waals surface area (Å²) in [5, 5.41) is 16.9. The van der Waals surface area contributed by atoms with Crippen LogP contribution in [0.25, 0.3) is 10.8 Å². The number of hydrogen-bond acceptors (Lipinski definition) is 3. The van der Waals surface area contributed by atoms with Gasteiger partial charge in [-0.15, -0.1) is 0 Å². The Balaban J connectivity index is 1.42. The highest BCUT2D eigenvalue weighted by molar-refractivity contribution is 5.84. The molecule has 2 N–H and O–H groups in total. The highest BCUT2D eigenvalue weighted by Crippen LogP contribution is 2.31. The van der Waals surface area contributed by atoms with Crippen LogP contribution in [-0.4, -0.2) is 54.1 Å². The Morgan fingerprint density at radius 1 is 1.13 bits per heavy atom. The Morgan fingerprint density at radius 3 is 2.63 bits per heavy atom. The number of carbonyl (C=O) groups is 2. The van der Waals surface area contributed by atoms with Crippen LogP contribution in [-0.2, 0) is 6.54 Å². The van der Waals surface area contributed by atoms with E-state index < -0.39 is 0 Å². The van der Waals surface area contributed by atoms with Crippen molar-refractivity contribution in [3.63, 3.8) is 0 Å². The monoisotopic (exact) mass is 405 g/mol. The van der Waals surface area contributed by atoms with Gasteiger partial charge in [0.05, 0.1) is 17.7 Å². The molecule has 1 aliphatic carbocycles. The molecule has 1 atom stereocenters. The highest BCUT2D eigenvalue weighted by Gasteiger charge is 2.39. The summed E-state index contributed by atoms with van der Waals surface area (Å²) in [6.07, 6.45) is 3.89. The van der Waals surface area contributed by atoms with Gasteiger partial charge in [0.2, 0.25) is 0 Å². The van der Waals surface area contributed by atoms with E-state index in [9.17, 15) is 9.59 Å². The molecule has 2 fully saturated rings. The number of likely N-dealkylation sites (tertiary alicyclic amines) is 1. The van der Waals surface area contributed by atoms with E-state index >= 15 is 0 Å². The SMILES string of the molecule is CNC(=O)N1CCCC(N(C(=O)NCc2ccc3cc(C#N)ccc3c2)C2CC2)C1. The van der Waals surface area contributed by atoms with Gasteiger partial charge in [-0.25, -0.2) is 9.59 Å². The van der Waals surface area contributed by atoms with Crippen molar-refractivity contribution in [3.05, 3.63) is 47.5 Å². The van der Waals surface area contributed by atoms with Gasteiger partial charge in [-0.05, 0) is 60.2 Å². The van der Waals surface area contributed by atoms with Gasteiger partial charge in [0, 0.05) is 32.7 Å². The number of hydrogen-bond donors (Lipinski definition) is 2. The van der Waals surface area contributed by atoms with Crippen molar-refractivity contribution >= 4 is 22.8 Å². The van der Waals surface area contributed by atoms with Crippen LogP contribution in [0.4, 0.5) is 9.59 Å². The molecule has 4 rings (SSSR count). The largest absolute Gasteiger partial charge is 0.341 e. The number of carbonyl (C=O) groups excluding carboxylic acids is 2. The summed E-state index contributed by atoms with van der Waals surface area (Å²) in [5.74, 6) is 0. The second-order valence-corrected chi connectivity index (χ2v) is 8.10. The molecule has 2 aromatic rings. The Morgan fingerprint density at radius 2 is 1.90 bits per heavy atom. The lowest BCUT2D eigenvalue weighted by molar-refractivity contribution is 0.116. The first-order valence-electron chi connectivity index (χ1n) is 10.5. The number of rotatable bonds is 4. The topological polar surface area (TPSA) is 88.5 Å². The first kappa shape index (κ1) is 20.0. The summed E-state index contributed by atoms with van der Waals surface area (Å²) in [6.45, 7) is 1.77. The smallest absolute Gasteiger partial charge is 0.318 e. The van der Waals surface area contributed by atoms with Crippen LogP contribution >= 0.6 is 0 Å². The van der Waals surface area contributed by atoms with Gasteiger partial charge < -0.3 is 20.4 Å². The molecule has 156 valence electrons. The van der Waals surface area contributed by atoms with Crippen LogP contribution in [0.3, 0.4) is 0 Å². The Labute approximate surface area is 176 Å². The third kappa shape index (κ3) is 4.33. The molecule has 7 heteroatoms. The van der Waals surface area contributed by atoms with E-state index in [1.807, 2.05) is 35.2 Å². The lowest BCUT2D eigenvalue weighted by atomic mass is 10.0.